The van der Waals surface area contributed by atoms with Gasteiger partial charge in [-0.2, -0.15) is 13.2 Å². The normalized spacial score (nSPS) is 25.2. The van der Waals surface area contributed by atoms with Gasteiger partial charge in [-0.3, -0.25) is 4.79 Å². The number of nitrogens with zero attached hydrogens (tertiary/aromatic N) is 1. The number of hydrogen-bond acceptors (Lipinski definition) is 4. The number of rotatable bonds is 3. The maximum Gasteiger partial charge on any atom is 0.416 e. The minimum atomic E-state index is -4.52. The van der Waals surface area contributed by atoms with Crippen molar-refractivity contribution in [1.29, 1.82) is 0 Å². The fourth-order valence-electron chi connectivity index (χ4n) is 2.48. The second-order valence-corrected chi connectivity index (χ2v) is 5.36. The van der Waals surface area contributed by atoms with Gasteiger partial charge in [-0.1, -0.05) is 6.07 Å². The molecule has 5 nitrogen and oxygen atoms in total. The second kappa shape index (κ2) is 6.86. The van der Waals surface area contributed by atoms with E-state index in [-0.39, 0.29) is 18.8 Å². The van der Waals surface area contributed by atoms with Gasteiger partial charge in [0.2, 0.25) is 0 Å². The molecule has 1 heterocycles. The van der Waals surface area contributed by atoms with E-state index in [1.807, 2.05) is 0 Å². The van der Waals surface area contributed by atoms with Gasteiger partial charge in [-0.05, 0) is 18.2 Å². The van der Waals surface area contributed by atoms with Gasteiger partial charge in [0.05, 0.1) is 24.8 Å². The SMILES string of the molecule is CO[C@@H]1COC[C@@H](N(C)C(=O)c2cccc(C(F)(F)F)c2)[C@@H]1O. The Hall–Kier alpha value is -1.64. The molecule has 0 bridgehead atoms. The summed E-state index contributed by atoms with van der Waals surface area (Å²) in [5, 5.41) is 10.2. The van der Waals surface area contributed by atoms with Crippen LogP contribution in [0.2, 0.25) is 0 Å². The minimum absolute atomic E-state index is 0.0855. The van der Waals surface area contributed by atoms with Crippen LogP contribution in [0.1, 0.15) is 15.9 Å². The molecule has 0 saturated carbocycles. The molecule has 0 radical (unpaired) electrons. The Kier molecular flexibility index (Phi) is 5.28. The van der Waals surface area contributed by atoms with Crippen LogP contribution in [-0.4, -0.2) is 61.5 Å². The lowest BCUT2D eigenvalue weighted by Crippen LogP contribution is -2.56. The quantitative estimate of drug-likeness (QED) is 0.912. The lowest BCUT2D eigenvalue weighted by atomic mass is 10.0. The van der Waals surface area contributed by atoms with Crippen molar-refractivity contribution < 1.29 is 32.5 Å². The highest BCUT2D eigenvalue weighted by Gasteiger charge is 2.38. The van der Waals surface area contributed by atoms with Gasteiger partial charge >= 0.3 is 6.18 Å². The maximum atomic E-state index is 12.7. The number of carbonyl (C=O) groups is 1. The Labute approximate surface area is 131 Å². The number of halogens is 3. The molecule has 1 aromatic rings. The van der Waals surface area contributed by atoms with E-state index < -0.39 is 35.9 Å². The van der Waals surface area contributed by atoms with Gasteiger partial charge in [-0.25, -0.2) is 0 Å². The van der Waals surface area contributed by atoms with Gasteiger partial charge < -0.3 is 19.5 Å². The van der Waals surface area contributed by atoms with Crippen molar-refractivity contribution in [1.82, 2.24) is 4.90 Å². The molecule has 0 spiro atoms. The predicted molar refractivity (Wildman–Crippen MR) is 74.9 cm³/mol. The van der Waals surface area contributed by atoms with E-state index in [1.54, 1.807) is 0 Å². The molecule has 2 rings (SSSR count). The second-order valence-electron chi connectivity index (χ2n) is 5.36. The molecule has 23 heavy (non-hydrogen) atoms. The largest absolute Gasteiger partial charge is 0.416 e. The molecular formula is C15H18F3NO4. The summed E-state index contributed by atoms with van der Waals surface area (Å²) in [6.45, 7) is 0.280. The number of carbonyl (C=O) groups excluding carboxylic acids is 1. The molecule has 1 aliphatic heterocycles. The van der Waals surface area contributed by atoms with Crippen molar-refractivity contribution >= 4 is 5.91 Å². The van der Waals surface area contributed by atoms with Crippen LogP contribution in [0.5, 0.6) is 0 Å². The number of methoxy groups -OCH3 is 1. The number of amides is 1. The summed E-state index contributed by atoms with van der Waals surface area (Å²) in [6, 6.07) is 3.47. The molecule has 1 saturated heterocycles. The van der Waals surface area contributed by atoms with Crippen LogP contribution in [0, 0.1) is 0 Å². The Morgan fingerprint density at radius 3 is 2.70 bits per heavy atom. The summed E-state index contributed by atoms with van der Waals surface area (Å²) in [6.07, 6.45) is -6.09. The molecule has 1 amide bonds. The van der Waals surface area contributed by atoms with Crippen LogP contribution in [0.3, 0.4) is 0 Å². The Morgan fingerprint density at radius 1 is 1.39 bits per heavy atom. The zero-order valence-corrected chi connectivity index (χ0v) is 12.7. The number of hydrogen-bond donors (Lipinski definition) is 1. The molecule has 1 aliphatic rings. The smallest absolute Gasteiger partial charge is 0.388 e. The van der Waals surface area contributed by atoms with Gasteiger partial charge in [0.25, 0.3) is 5.91 Å². The summed E-state index contributed by atoms with van der Waals surface area (Å²) < 4.78 is 48.6. The van der Waals surface area contributed by atoms with Crippen molar-refractivity contribution in [3.8, 4) is 0 Å². The fourth-order valence-corrected chi connectivity index (χ4v) is 2.48. The minimum Gasteiger partial charge on any atom is -0.388 e. The van der Waals surface area contributed by atoms with Crippen LogP contribution >= 0.6 is 0 Å². The maximum absolute atomic E-state index is 12.7. The van der Waals surface area contributed by atoms with Crippen LogP contribution in [0.25, 0.3) is 0 Å². The van der Waals surface area contributed by atoms with E-state index in [0.29, 0.717) is 0 Å². The first-order chi connectivity index (χ1) is 10.8. The highest BCUT2D eigenvalue weighted by atomic mass is 19.4. The van der Waals surface area contributed by atoms with Crippen LogP contribution < -0.4 is 0 Å². The molecule has 1 fully saturated rings. The molecular weight excluding hydrogens is 315 g/mol. The van der Waals surface area contributed by atoms with Gasteiger partial charge in [-0.15, -0.1) is 0 Å². The summed E-state index contributed by atoms with van der Waals surface area (Å²) in [5.74, 6) is -0.625. The molecule has 128 valence electrons. The Balaban J connectivity index is 2.19. The molecule has 0 aromatic heterocycles. The Morgan fingerprint density at radius 2 is 2.09 bits per heavy atom. The van der Waals surface area contributed by atoms with Crippen molar-refractivity contribution in [3.63, 3.8) is 0 Å². The molecule has 3 atom stereocenters. The third-order valence-corrected chi connectivity index (χ3v) is 3.90. The summed E-state index contributed by atoms with van der Waals surface area (Å²) in [5.41, 5.74) is -0.999. The van der Waals surface area contributed by atoms with Crippen molar-refractivity contribution in [2.75, 3.05) is 27.4 Å². The first kappa shape index (κ1) is 17.7. The van der Waals surface area contributed by atoms with E-state index in [0.717, 1.165) is 12.1 Å². The molecule has 8 heteroatoms. The van der Waals surface area contributed by atoms with Gasteiger partial charge in [0.15, 0.2) is 0 Å². The van der Waals surface area contributed by atoms with Crippen molar-refractivity contribution in [3.05, 3.63) is 35.4 Å². The zero-order chi connectivity index (χ0) is 17.2. The molecule has 1 aromatic carbocycles. The number of aliphatic hydroxyl groups excluding tert-OH is 1. The van der Waals surface area contributed by atoms with E-state index in [1.165, 1.54) is 31.2 Å². The Bertz CT molecular complexity index is 564. The number of aliphatic hydroxyl groups is 1. The van der Waals surface area contributed by atoms with Crippen LogP contribution in [0.15, 0.2) is 24.3 Å². The van der Waals surface area contributed by atoms with Gasteiger partial charge in [0.1, 0.15) is 12.2 Å². The monoisotopic (exact) mass is 333 g/mol. The highest BCUT2D eigenvalue weighted by molar-refractivity contribution is 5.94. The first-order valence-electron chi connectivity index (χ1n) is 6.98. The van der Waals surface area contributed by atoms with E-state index in [9.17, 15) is 23.1 Å². The number of benzene rings is 1. The molecule has 0 aliphatic carbocycles. The summed E-state index contributed by atoms with van der Waals surface area (Å²) >= 11 is 0. The van der Waals surface area contributed by atoms with Crippen LogP contribution in [-0.2, 0) is 15.7 Å². The summed E-state index contributed by atoms with van der Waals surface area (Å²) in [7, 11) is 2.83. The van der Waals surface area contributed by atoms with E-state index in [2.05, 4.69) is 0 Å². The number of ether oxygens (including phenoxy) is 2. The van der Waals surface area contributed by atoms with E-state index >= 15 is 0 Å². The summed E-state index contributed by atoms with van der Waals surface area (Å²) in [4.78, 5) is 13.6. The topological polar surface area (TPSA) is 59.0 Å². The number of alkyl halides is 3. The fraction of sp³-hybridized carbons (Fsp3) is 0.533. The van der Waals surface area contributed by atoms with Crippen molar-refractivity contribution in [2.24, 2.45) is 0 Å². The standard InChI is InChI=1S/C15H18F3NO4/c1-19(11-7-23-8-12(22-2)13(11)20)14(21)9-4-3-5-10(6-9)15(16,17)18/h3-6,11-13,20H,7-8H2,1-2H3/t11-,12-,13+/m1/s1. The lowest BCUT2D eigenvalue weighted by Gasteiger charge is -2.38. The number of likely N-dealkylation sites (N-methyl/N-ethyl adjacent to an activating group) is 1. The lowest BCUT2D eigenvalue weighted by molar-refractivity contribution is -0.137. The third-order valence-electron chi connectivity index (χ3n) is 3.90. The van der Waals surface area contributed by atoms with Crippen molar-refractivity contribution in [2.45, 2.75) is 24.4 Å². The third kappa shape index (κ3) is 3.82. The first-order valence-corrected chi connectivity index (χ1v) is 6.98. The average molecular weight is 333 g/mol. The molecule has 0 unspecified atom stereocenters. The van der Waals surface area contributed by atoms with Crippen LogP contribution in [0.4, 0.5) is 13.2 Å². The highest BCUT2D eigenvalue weighted by Crippen LogP contribution is 2.30. The zero-order valence-electron chi connectivity index (χ0n) is 12.7. The average Bonchev–Trinajstić information content (AvgIpc) is 2.53. The predicted octanol–water partition coefficient (Wildman–Crippen LogP) is 1.55. The van der Waals surface area contributed by atoms with Gasteiger partial charge in [0, 0.05) is 19.7 Å². The van der Waals surface area contributed by atoms with E-state index in [4.69, 9.17) is 9.47 Å². The molecule has 1 N–H and O–H groups in total.